The first kappa shape index (κ1) is 17.2. The van der Waals surface area contributed by atoms with E-state index in [1.165, 1.54) is 0 Å². The standard InChI is InChI=1S/C2H10N2O7P2.Zn/c3-1-2-4-10-13(8,9)11-12(5,6)7;/h4H,1-3H2,(H,8,9)(H2,5,6,7);. The molecule has 0 rings (SSSR count). The van der Waals surface area contributed by atoms with Crippen LogP contribution in [-0.4, -0.2) is 27.8 Å². The molecule has 0 fully saturated rings. The summed E-state index contributed by atoms with van der Waals surface area (Å²) in [6.07, 6.45) is 0. The van der Waals surface area contributed by atoms with Gasteiger partial charge in [0.25, 0.3) is 0 Å². The summed E-state index contributed by atoms with van der Waals surface area (Å²) >= 11 is 0. The predicted octanol–water partition coefficient (Wildman–Crippen LogP) is -1.33. The van der Waals surface area contributed by atoms with Crippen LogP contribution in [0.5, 0.6) is 0 Å². The number of hydroxylamine groups is 1. The summed E-state index contributed by atoms with van der Waals surface area (Å²) in [5.74, 6) is 0. The van der Waals surface area contributed by atoms with E-state index in [1.807, 2.05) is 5.48 Å². The molecule has 0 radical (unpaired) electrons. The van der Waals surface area contributed by atoms with Crippen molar-refractivity contribution in [1.29, 1.82) is 0 Å². The van der Waals surface area contributed by atoms with E-state index >= 15 is 0 Å². The summed E-state index contributed by atoms with van der Waals surface area (Å²) in [6.45, 7) is 0.158. The third-order valence-electron chi connectivity index (χ3n) is 0.636. The molecule has 0 saturated heterocycles. The van der Waals surface area contributed by atoms with Gasteiger partial charge in [-0.05, 0) is 0 Å². The second-order valence-electron chi connectivity index (χ2n) is 1.82. The fourth-order valence-corrected chi connectivity index (χ4v) is 1.80. The van der Waals surface area contributed by atoms with Crippen LogP contribution in [0, 0.1) is 0 Å². The molecule has 82 valence electrons. The van der Waals surface area contributed by atoms with Crippen molar-refractivity contribution < 1.29 is 52.2 Å². The smallest absolute Gasteiger partial charge is 0.329 e. The van der Waals surface area contributed by atoms with Crippen LogP contribution in [-0.2, 0) is 37.5 Å². The molecule has 1 atom stereocenters. The second-order valence-corrected chi connectivity index (χ2v) is 4.57. The summed E-state index contributed by atoms with van der Waals surface area (Å²) < 4.78 is 28.0. The van der Waals surface area contributed by atoms with Crippen molar-refractivity contribution in [2.75, 3.05) is 13.1 Å². The zero-order valence-corrected chi connectivity index (χ0v) is 11.8. The van der Waals surface area contributed by atoms with E-state index in [0.717, 1.165) is 0 Å². The molecule has 14 heavy (non-hydrogen) atoms. The molecule has 0 aliphatic carbocycles. The van der Waals surface area contributed by atoms with Gasteiger partial charge >= 0.3 is 15.6 Å². The third-order valence-corrected chi connectivity index (χ3v) is 2.67. The molecule has 0 aromatic carbocycles. The van der Waals surface area contributed by atoms with E-state index in [4.69, 9.17) is 20.4 Å². The van der Waals surface area contributed by atoms with Crippen molar-refractivity contribution in [1.82, 2.24) is 5.48 Å². The number of nitrogens with two attached hydrogens (primary N) is 1. The van der Waals surface area contributed by atoms with Gasteiger partial charge in [-0.1, -0.05) is 0 Å². The maximum absolute atomic E-state index is 10.6. The fraction of sp³-hybridized carbons (Fsp3) is 1.00. The van der Waals surface area contributed by atoms with E-state index in [2.05, 4.69) is 8.94 Å². The van der Waals surface area contributed by atoms with Crippen LogP contribution in [0.1, 0.15) is 0 Å². The van der Waals surface area contributed by atoms with Gasteiger partial charge in [-0.2, -0.15) is 14.4 Å². The van der Waals surface area contributed by atoms with E-state index in [1.54, 1.807) is 0 Å². The molecule has 0 spiro atoms. The Morgan fingerprint density at radius 3 is 2.14 bits per heavy atom. The summed E-state index contributed by atoms with van der Waals surface area (Å²) in [5.41, 5.74) is 6.87. The SMILES string of the molecule is NCCNOP(=O)(O)OP(=O)(O)O.[Zn]. The number of rotatable bonds is 6. The topological polar surface area (TPSA) is 151 Å². The fourth-order valence-electron chi connectivity index (χ4n) is 0.337. The molecule has 0 bridgehead atoms. The van der Waals surface area contributed by atoms with E-state index in [0.29, 0.717) is 0 Å². The molecular formula is C2H10N2O7P2Zn. The third kappa shape index (κ3) is 10.9. The molecule has 6 N–H and O–H groups in total. The summed E-state index contributed by atoms with van der Waals surface area (Å²) in [6, 6.07) is 0. The summed E-state index contributed by atoms with van der Waals surface area (Å²) in [4.78, 5) is 24.9. The van der Waals surface area contributed by atoms with Crippen LogP contribution in [0.25, 0.3) is 0 Å². The number of phosphoric acid groups is 2. The van der Waals surface area contributed by atoms with Gasteiger partial charge in [0, 0.05) is 32.6 Å². The molecular weight excluding hydrogens is 291 g/mol. The van der Waals surface area contributed by atoms with Crippen molar-refractivity contribution in [2.24, 2.45) is 5.73 Å². The minimum Gasteiger partial charge on any atom is -0.329 e. The molecule has 0 saturated carbocycles. The number of hydrogen-bond acceptors (Lipinski definition) is 6. The normalized spacial score (nSPS) is 15.7. The molecule has 0 heterocycles. The minimum atomic E-state index is -5.05. The van der Waals surface area contributed by atoms with Gasteiger partial charge in [-0.15, -0.1) is 0 Å². The monoisotopic (exact) mass is 300 g/mol. The molecule has 0 aliphatic rings. The Balaban J connectivity index is 0. The Labute approximate surface area is 92.5 Å². The van der Waals surface area contributed by atoms with Gasteiger partial charge in [0.1, 0.15) is 0 Å². The number of nitrogens with one attached hydrogen (secondary N) is 1. The zero-order chi connectivity index (χ0) is 10.5. The van der Waals surface area contributed by atoms with Crippen LogP contribution in [0.3, 0.4) is 0 Å². The van der Waals surface area contributed by atoms with Crippen molar-refractivity contribution in [3.8, 4) is 0 Å². The second kappa shape index (κ2) is 7.14. The van der Waals surface area contributed by atoms with Crippen LogP contribution in [0.4, 0.5) is 0 Å². The van der Waals surface area contributed by atoms with Gasteiger partial charge in [0.15, 0.2) is 0 Å². The van der Waals surface area contributed by atoms with Crippen molar-refractivity contribution in [2.45, 2.75) is 0 Å². The van der Waals surface area contributed by atoms with Crippen molar-refractivity contribution in [3.05, 3.63) is 0 Å². The van der Waals surface area contributed by atoms with Crippen LogP contribution in [0.2, 0.25) is 0 Å². The zero-order valence-electron chi connectivity index (χ0n) is 7.07. The maximum atomic E-state index is 10.6. The maximum Gasteiger partial charge on any atom is 0.497 e. The summed E-state index contributed by atoms with van der Waals surface area (Å²) in [5, 5.41) is 0. The van der Waals surface area contributed by atoms with E-state index in [-0.39, 0.29) is 32.6 Å². The van der Waals surface area contributed by atoms with Crippen molar-refractivity contribution >= 4 is 15.6 Å². The molecule has 0 aromatic rings. The average Bonchev–Trinajstić information content (AvgIpc) is 1.81. The van der Waals surface area contributed by atoms with Crippen LogP contribution in [0.15, 0.2) is 0 Å². The van der Waals surface area contributed by atoms with Gasteiger partial charge < -0.3 is 20.4 Å². The molecule has 9 nitrogen and oxygen atoms in total. The Morgan fingerprint density at radius 2 is 1.79 bits per heavy atom. The Bertz CT molecular complexity index is 242. The van der Waals surface area contributed by atoms with Crippen LogP contribution >= 0.6 is 15.6 Å². The van der Waals surface area contributed by atoms with Gasteiger partial charge in [0.05, 0.1) is 0 Å². The quantitative estimate of drug-likeness (QED) is 0.174. The molecule has 0 aliphatic heterocycles. The average molecular weight is 301 g/mol. The number of hydrogen-bond donors (Lipinski definition) is 5. The molecule has 0 amide bonds. The van der Waals surface area contributed by atoms with Crippen LogP contribution < -0.4 is 11.2 Å². The van der Waals surface area contributed by atoms with E-state index < -0.39 is 15.6 Å². The van der Waals surface area contributed by atoms with Gasteiger partial charge in [0.2, 0.25) is 0 Å². The first-order valence-corrected chi connectivity index (χ1v) is 6.00. The largest absolute Gasteiger partial charge is 0.497 e. The first-order valence-electron chi connectivity index (χ1n) is 2.98. The Hall–Kier alpha value is 0.803. The van der Waals surface area contributed by atoms with Gasteiger partial charge in [-0.25, -0.2) is 9.13 Å². The van der Waals surface area contributed by atoms with Gasteiger partial charge in [-0.3, -0.25) is 0 Å². The Morgan fingerprint density at radius 1 is 1.29 bits per heavy atom. The molecule has 0 aromatic heterocycles. The van der Waals surface area contributed by atoms with Crippen molar-refractivity contribution in [3.63, 3.8) is 0 Å². The summed E-state index contributed by atoms with van der Waals surface area (Å²) in [7, 11) is -9.82. The Kier molecular flexibility index (Phi) is 8.77. The molecule has 12 heteroatoms. The molecule has 1 unspecified atom stereocenters. The minimum absolute atomic E-state index is 0. The first-order chi connectivity index (χ1) is 5.77. The predicted molar refractivity (Wildman–Crippen MR) is 41.1 cm³/mol. The van der Waals surface area contributed by atoms with E-state index in [9.17, 15) is 9.13 Å².